The summed E-state index contributed by atoms with van der Waals surface area (Å²) in [6.45, 7) is 2.69. The fourth-order valence-electron chi connectivity index (χ4n) is 2.81. The van der Waals surface area contributed by atoms with Gasteiger partial charge in [-0.15, -0.1) is 0 Å². The van der Waals surface area contributed by atoms with Crippen molar-refractivity contribution in [1.82, 2.24) is 24.6 Å². The van der Waals surface area contributed by atoms with Crippen molar-refractivity contribution in [1.29, 1.82) is 0 Å². The smallest absolute Gasteiger partial charge is 0.165 e. The zero-order valence-corrected chi connectivity index (χ0v) is 12.0. The van der Waals surface area contributed by atoms with Gasteiger partial charge in [-0.3, -0.25) is 9.25 Å². The van der Waals surface area contributed by atoms with Gasteiger partial charge in [0.25, 0.3) is 0 Å². The summed E-state index contributed by atoms with van der Waals surface area (Å²) in [6.07, 6.45) is 4.48. The molecule has 112 valence electrons. The number of benzene rings is 1. The molecule has 0 amide bonds. The van der Waals surface area contributed by atoms with Crippen LogP contribution in [0.2, 0.25) is 0 Å². The molecule has 3 aromatic rings. The predicted molar refractivity (Wildman–Crippen MR) is 81.1 cm³/mol. The molecule has 0 aliphatic carbocycles. The summed E-state index contributed by atoms with van der Waals surface area (Å²) >= 11 is 0. The Labute approximate surface area is 127 Å². The number of hydrogen-bond donors (Lipinski definition) is 1. The van der Waals surface area contributed by atoms with Crippen molar-refractivity contribution >= 4 is 0 Å². The zero-order valence-electron chi connectivity index (χ0n) is 12.0. The summed E-state index contributed by atoms with van der Waals surface area (Å²) in [4.78, 5) is 4.37. The lowest BCUT2D eigenvalue weighted by molar-refractivity contribution is 0.588. The minimum absolute atomic E-state index is 0.274. The average Bonchev–Trinajstić information content (AvgIpc) is 3.10. The number of aryl methyl sites for hydroxylation is 1. The molecule has 0 atom stereocenters. The molecule has 22 heavy (non-hydrogen) atoms. The molecule has 6 heteroatoms. The third kappa shape index (κ3) is 2.21. The van der Waals surface area contributed by atoms with Gasteiger partial charge in [-0.2, -0.15) is 5.10 Å². The van der Waals surface area contributed by atoms with Crippen LogP contribution in [0.3, 0.4) is 0 Å². The molecule has 0 saturated carbocycles. The van der Waals surface area contributed by atoms with Gasteiger partial charge in [0.2, 0.25) is 0 Å². The normalized spacial score (nSPS) is 14.6. The van der Waals surface area contributed by atoms with Gasteiger partial charge in [0.05, 0.1) is 11.4 Å². The van der Waals surface area contributed by atoms with Gasteiger partial charge in [-0.05, 0) is 31.2 Å². The van der Waals surface area contributed by atoms with Gasteiger partial charge in [0, 0.05) is 25.5 Å². The van der Waals surface area contributed by atoms with Crippen LogP contribution >= 0.6 is 0 Å². The summed E-state index contributed by atoms with van der Waals surface area (Å²) in [5.41, 5.74) is 2.39. The molecule has 3 heterocycles. The second-order valence-electron chi connectivity index (χ2n) is 5.35. The molecule has 1 N–H and O–H groups in total. The maximum Gasteiger partial charge on any atom is 0.165 e. The van der Waals surface area contributed by atoms with Gasteiger partial charge in [-0.25, -0.2) is 9.37 Å². The number of fused-ring (bicyclic) bond motifs is 1. The molecule has 0 unspecified atom stereocenters. The fraction of sp³-hybridized carbons (Fsp3) is 0.250. The molecule has 0 radical (unpaired) electrons. The molecule has 1 aliphatic heterocycles. The Morgan fingerprint density at radius 1 is 1.23 bits per heavy atom. The molecule has 0 fully saturated rings. The van der Waals surface area contributed by atoms with E-state index >= 15 is 0 Å². The molecule has 4 rings (SSSR count). The number of hydrogen-bond acceptors (Lipinski definition) is 3. The van der Waals surface area contributed by atoms with Crippen LogP contribution in [0.25, 0.3) is 17.2 Å². The highest BCUT2D eigenvalue weighted by atomic mass is 19.1. The topological polar surface area (TPSA) is 47.7 Å². The fourth-order valence-corrected chi connectivity index (χ4v) is 2.81. The molecular weight excluding hydrogens is 281 g/mol. The number of halogens is 1. The Morgan fingerprint density at radius 3 is 3.05 bits per heavy atom. The standard InChI is InChI=1S/C16H16FN5/c17-13-4-1-2-5-15(13)21-9-7-19-16(21)14-10-12-11-18-6-3-8-22(12)20-14/h1-2,4-5,7,9-10,18H,3,6,8,11H2. The lowest BCUT2D eigenvalue weighted by atomic mass is 10.3. The number of nitrogens with zero attached hydrogens (tertiary/aromatic N) is 4. The summed E-state index contributed by atoms with van der Waals surface area (Å²) in [6, 6.07) is 8.71. The second-order valence-corrected chi connectivity index (χ2v) is 5.35. The van der Waals surface area contributed by atoms with E-state index in [2.05, 4.69) is 15.4 Å². The SMILES string of the molecule is Fc1ccccc1-n1ccnc1-c1cc2n(n1)CCCNC2. The number of para-hydroxylation sites is 1. The molecule has 0 bridgehead atoms. The first-order chi connectivity index (χ1) is 10.8. The summed E-state index contributed by atoms with van der Waals surface area (Å²) in [5.74, 6) is 0.384. The van der Waals surface area contributed by atoms with Gasteiger partial charge in [-0.1, -0.05) is 12.1 Å². The van der Waals surface area contributed by atoms with E-state index in [0.717, 1.165) is 37.4 Å². The molecule has 5 nitrogen and oxygen atoms in total. The lowest BCUT2D eigenvalue weighted by Gasteiger charge is -2.07. The highest BCUT2D eigenvalue weighted by Gasteiger charge is 2.17. The molecule has 2 aromatic heterocycles. The van der Waals surface area contributed by atoms with Crippen LogP contribution in [0, 0.1) is 5.82 Å². The van der Waals surface area contributed by atoms with E-state index in [0.29, 0.717) is 11.5 Å². The Hall–Kier alpha value is -2.47. The number of imidazole rings is 1. The van der Waals surface area contributed by atoms with Gasteiger partial charge in [0.1, 0.15) is 11.5 Å². The third-order valence-electron chi connectivity index (χ3n) is 3.87. The predicted octanol–water partition coefficient (Wildman–Crippen LogP) is 2.37. The average molecular weight is 297 g/mol. The minimum atomic E-state index is -0.274. The zero-order chi connectivity index (χ0) is 14.9. The molecule has 0 spiro atoms. The van der Waals surface area contributed by atoms with Crippen molar-refractivity contribution < 1.29 is 4.39 Å². The quantitative estimate of drug-likeness (QED) is 0.790. The van der Waals surface area contributed by atoms with Crippen LogP contribution in [-0.2, 0) is 13.1 Å². The van der Waals surface area contributed by atoms with E-state index in [1.165, 1.54) is 6.07 Å². The van der Waals surface area contributed by atoms with Crippen LogP contribution in [-0.4, -0.2) is 25.9 Å². The third-order valence-corrected chi connectivity index (χ3v) is 3.87. The first-order valence-electron chi connectivity index (χ1n) is 7.39. The van der Waals surface area contributed by atoms with Gasteiger partial charge >= 0.3 is 0 Å². The maximum atomic E-state index is 14.0. The Kier molecular flexibility index (Phi) is 3.23. The van der Waals surface area contributed by atoms with Crippen molar-refractivity contribution in [2.24, 2.45) is 0 Å². The molecule has 1 aliphatic rings. The lowest BCUT2D eigenvalue weighted by Crippen LogP contribution is -2.11. The summed E-state index contributed by atoms with van der Waals surface area (Å²) in [7, 11) is 0. The van der Waals surface area contributed by atoms with E-state index < -0.39 is 0 Å². The number of nitrogens with one attached hydrogen (secondary N) is 1. The van der Waals surface area contributed by atoms with Crippen molar-refractivity contribution in [3.8, 4) is 17.2 Å². The van der Waals surface area contributed by atoms with Crippen LogP contribution in [0.15, 0.2) is 42.7 Å². The van der Waals surface area contributed by atoms with Crippen molar-refractivity contribution in [3.63, 3.8) is 0 Å². The molecule has 0 saturated heterocycles. The second kappa shape index (κ2) is 5.38. The van der Waals surface area contributed by atoms with Gasteiger partial charge < -0.3 is 5.32 Å². The highest BCUT2D eigenvalue weighted by molar-refractivity contribution is 5.55. The number of aromatic nitrogens is 4. The van der Waals surface area contributed by atoms with Gasteiger partial charge in [0.15, 0.2) is 5.82 Å². The van der Waals surface area contributed by atoms with E-state index in [-0.39, 0.29) is 5.82 Å². The Bertz CT molecular complexity index is 781. The van der Waals surface area contributed by atoms with Crippen LogP contribution in [0.5, 0.6) is 0 Å². The van der Waals surface area contributed by atoms with Crippen LogP contribution in [0.4, 0.5) is 4.39 Å². The summed E-state index contributed by atoms with van der Waals surface area (Å²) in [5, 5.41) is 8.01. The van der Waals surface area contributed by atoms with E-state index in [1.54, 1.807) is 29.1 Å². The van der Waals surface area contributed by atoms with Crippen molar-refractivity contribution in [3.05, 3.63) is 54.2 Å². The molecule has 1 aromatic carbocycles. The first kappa shape index (κ1) is 13.2. The maximum absolute atomic E-state index is 14.0. The van der Waals surface area contributed by atoms with Crippen molar-refractivity contribution in [2.45, 2.75) is 19.5 Å². The monoisotopic (exact) mass is 297 g/mol. The van der Waals surface area contributed by atoms with Crippen LogP contribution < -0.4 is 5.32 Å². The minimum Gasteiger partial charge on any atom is -0.311 e. The number of rotatable bonds is 2. The van der Waals surface area contributed by atoms with E-state index in [9.17, 15) is 4.39 Å². The Morgan fingerprint density at radius 2 is 2.14 bits per heavy atom. The van der Waals surface area contributed by atoms with Crippen molar-refractivity contribution in [2.75, 3.05) is 6.54 Å². The summed E-state index contributed by atoms with van der Waals surface area (Å²) < 4.78 is 17.8. The van der Waals surface area contributed by atoms with E-state index in [1.807, 2.05) is 16.8 Å². The van der Waals surface area contributed by atoms with Crippen LogP contribution in [0.1, 0.15) is 12.1 Å². The molecular formula is C16H16FN5. The largest absolute Gasteiger partial charge is 0.311 e. The Balaban J connectivity index is 1.79. The van der Waals surface area contributed by atoms with E-state index in [4.69, 9.17) is 0 Å². The first-order valence-corrected chi connectivity index (χ1v) is 7.39. The highest BCUT2D eigenvalue weighted by Crippen LogP contribution is 2.23.